The number of rotatable bonds is 5. The predicted octanol–water partition coefficient (Wildman–Crippen LogP) is 2.01. The minimum Gasteiger partial charge on any atom is -0.480 e. The molecule has 2 N–H and O–H groups in total. The lowest BCUT2D eigenvalue weighted by Gasteiger charge is -2.05. The molecule has 19 heavy (non-hydrogen) atoms. The number of carbonyl (C=O) groups is 2. The van der Waals surface area contributed by atoms with E-state index in [1.54, 1.807) is 6.08 Å². The van der Waals surface area contributed by atoms with Gasteiger partial charge < -0.3 is 14.8 Å². The molecular weight excluding hydrogens is 246 g/mol. The Balaban J connectivity index is 1.89. The van der Waals surface area contributed by atoms with Crippen molar-refractivity contribution in [2.24, 2.45) is 5.92 Å². The van der Waals surface area contributed by atoms with Gasteiger partial charge in [0, 0.05) is 12.0 Å². The predicted molar refractivity (Wildman–Crippen MR) is 69.5 cm³/mol. The summed E-state index contributed by atoms with van der Waals surface area (Å²) in [6.45, 7) is 3.58. The average Bonchev–Trinajstić information content (AvgIpc) is 2.90. The Morgan fingerprint density at radius 3 is 2.79 bits per heavy atom. The molecule has 2 rings (SSSR count). The molecule has 1 aromatic heterocycles. The molecule has 0 radical (unpaired) electrons. The maximum Gasteiger partial charge on any atom is 0.325 e. The van der Waals surface area contributed by atoms with Crippen molar-refractivity contribution in [1.29, 1.82) is 0 Å². The van der Waals surface area contributed by atoms with Crippen LogP contribution in [0.4, 0.5) is 0 Å². The van der Waals surface area contributed by atoms with Crippen molar-refractivity contribution in [2.75, 3.05) is 0 Å². The lowest BCUT2D eigenvalue weighted by Crippen LogP contribution is -2.37. The fourth-order valence-electron chi connectivity index (χ4n) is 1.86. The second-order valence-electron chi connectivity index (χ2n) is 4.96. The van der Waals surface area contributed by atoms with Gasteiger partial charge in [0.25, 0.3) is 0 Å². The van der Waals surface area contributed by atoms with Gasteiger partial charge in [-0.3, -0.25) is 9.59 Å². The zero-order chi connectivity index (χ0) is 14.0. The zero-order valence-electron chi connectivity index (χ0n) is 10.9. The molecular formula is C14H17NO4. The molecule has 102 valence electrons. The fraction of sp³-hybridized carbons (Fsp3) is 0.429. The van der Waals surface area contributed by atoms with Gasteiger partial charge in [-0.25, -0.2) is 0 Å². The van der Waals surface area contributed by atoms with Gasteiger partial charge >= 0.3 is 5.97 Å². The maximum atomic E-state index is 11.4. The van der Waals surface area contributed by atoms with E-state index in [1.807, 2.05) is 12.1 Å². The highest BCUT2D eigenvalue weighted by Gasteiger charge is 2.36. The molecule has 1 aromatic rings. The van der Waals surface area contributed by atoms with Crippen molar-refractivity contribution in [1.82, 2.24) is 5.32 Å². The quantitative estimate of drug-likeness (QED) is 0.796. The normalized spacial score (nSPS) is 23.3. The first-order valence-electron chi connectivity index (χ1n) is 6.28. The van der Waals surface area contributed by atoms with E-state index in [2.05, 4.69) is 12.2 Å². The second kappa shape index (κ2) is 5.30. The number of hydrogen-bond acceptors (Lipinski definition) is 3. The number of amides is 1. The molecule has 1 aliphatic carbocycles. The van der Waals surface area contributed by atoms with Crippen LogP contribution in [-0.4, -0.2) is 23.0 Å². The van der Waals surface area contributed by atoms with E-state index in [9.17, 15) is 9.59 Å². The van der Waals surface area contributed by atoms with Gasteiger partial charge in [-0.05, 0) is 37.5 Å². The van der Waals surface area contributed by atoms with Crippen molar-refractivity contribution in [2.45, 2.75) is 32.2 Å². The summed E-state index contributed by atoms with van der Waals surface area (Å²) in [5.41, 5.74) is 0. The summed E-state index contributed by atoms with van der Waals surface area (Å²) < 4.78 is 5.60. The molecule has 0 saturated heterocycles. The highest BCUT2D eigenvalue weighted by molar-refractivity contribution is 5.93. The molecule has 5 heteroatoms. The first-order chi connectivity index (χ1) is 8.97. The summed E-state index contributed by atoms with van der Waals surface area (Å²) in [5.74, 6) is 1.21. The molecule has 0 bridgehead atoms. The van der Waals surface area contributed by atoms with E-state index in [1.165, 1.54) is 13.0 Å². The molecule has 0 aromatic carbocycles. The monoisotopic (exact) mass is 263 g/mol. The van der Waals surface area contributed by atoms with Gasteiger partial charge in [0.15, 0.2) is 0 Å². The molecule has 1 heterocycles. The Kier molecular flexibility index (Phi) is 3.74. The van der Waals surface area contributed by atoms with Crippen LogP contribution in [0.15, 0.2) is 22.6 Å². The lowest BCUT2D eigenvalue weighted by atomic mass is 10.3. The topological polar surface area (TPSA) is 79.5 Å². The molecule has 0 spiro atoms. The van der Waals surface area contributed by atoms with Crippen LogP contribution >= 0.6 is 0 Å². The summed E-state index contributed by atoms with van der Waals surface area (Å²) in [6, 6.07) is 2.83. The number of aliphatic carboxylic acids is 1. The minimum atomic E-state index is -1.07. The van der Waals surface area contributed by atoms with Crippen LogP contribution in [0.2, 0.25) is 0 Å². The van der Waals surface area contributed by atoms with Gasteiger partial charge in [0.1, 0.15) is 17.6 Å². The number of carboxylic acid groups (broad SMARTS) is 1. The molecule has 1 aliphatic rings. The number of furan rings is 1. The van der Waals surface area contributed by atoms with Crippen molar-refractivity contribution in [3.63, 3.8) is 0 Å². The molecule has 3 atom stereocenters. The van der Waals surface area contributed by atoms with Crippen LogP contribution in [-0.2, 0) is 9.59 Å². The highest BCUT2D eigenvalue weighted by atomic mass is 16.4. The van der Waals surface area contributed by atoms with Crippen LogP contribution in [0.25, 0.3) is 6.08 Å². The molecule has 1 fully saturated rings. The van der Waals surface area contributed by atoms with Crippen molar-refractivity contribution in [3.05, 3.63) is 29.7 Å². The number of nitrogens with one attached hydrogen (secondary N) is 1. The van der Waals surface area contributed by atoms with Crippen LogP contribution in [0.3, 0.4) is 0 Å². The van der Waals surface area contributed by atoms with Crippen LogP contribution in [0.5, 0.6) is 0 Å². The lowest BCUT2D eigenvalue weighted by molar-refractivity contribution is -0.140. The summed E-state index contributed by atoms with van der Waals surface area (Å²) in [5, 5.41) is 11.0. The molecule has 5 nitrogen and oxygen atoms in total. The Hall–Kier alpha value is -2.04. The van der Waals surface area contributed by atoms with E-state index in [0.29, 0.717) is 17.6 Å². The van der Waals surface area contributed by atoms with E-state index in [4.69, 9.17) is 9.52 Å². The van der Waals surface area contributed by atoms with E-state index >= 15 is 0 Å². The summed E-state index contributed by atoms with van der Waals surface area (Å²) in [6.07, 6.45) is 3.96. The largest absolute Gasteiger partial charge is 0.480 e. The number of carbonyl (C=O) groups excluding carboxylic acids is 1. The third-order valence-electron chi connectivity index (χ3n) is 3.25. The first-order valence-corrected chi connectivity index (χ1v) is 6.28. The highest BCUT2D eigenvalue weighted by Crippen LogP contribution is 2.47. The van der Waals surface area contributed by atoms with Crippen LogP contribution in [0.1, 0.15) is 37.7 Å². The molecule has 0 aliphatic heterocycles. The van der Waals surface area contributed by atoms with Gasteiger partial charge in [-0.1, -0.05) is 6.92 Å². The summed E-state index contributed by atoms with van der Waals surface area (Å²) in [4.78, 5) is 22.0. The van der Waals surface area contributed by atoms with Crippen molar-refractivity contribution in [3.8, 4) is 0 Å². The van der Waals surface area contributed by atoms with Gasteiger partial charge in [0.2, 0.25) is 5.91 Å². The molecule has 1 amide bonds. The summed E-state index contributed by atoms with van der Waals surface area (Å²) in [7, 11) is 0. The fourth-order valence-corrected chi connectivity index (χ4v) is 1.86. The van der Waals surface area contributed by atoms with Gasteiger partial charge in [-0.2, -0.15) is 0 Å². The van der Waals surface area contributed by atoms with Crippen molar-refractivity contribution < 1.29 is 19.1 Å². The average molecular weight is 263 g/mol. The number of carboxylic acids is 1. The van der Waals surface area contributed by atoms with Gasteiger partial charge in [-0.15, -0.1) is 0 Å². The van der Waals surface area contributed by atoms with Crippen molar-refractivity contribution >= 4 is 18.0 Å². The minimum absolute atomic E-state index is 0.451. The van der Waals surface area contributed by atoms with Gasteiger partial charge in [0.05, 0.1) is 0 Å². The first kappa shape index (κ1) is 13.4. The Bertz CT molecular complexity index is 517. The molecule has 1 saturated carbocycles. The Morgan fingerprint density at radius 1 is 1.53 bits per heavy atom. The van der Waals surface area contributed by atoms with Crippen LogP contribution < -0.4 is 5.32 Å². The zero-order valence-corrected chi connectivity index (χ0v) is 10.9. The maximum absolute atomic E-state index is 11.4. The summed E-state index contributed by atoms with van der Waals surface area (Å²) >= 11 is 0. The van der Waals surface area contributed by atoms with E-state index in [0.717, 1.165) is 12.2 Å². The Labute approximate surface area is 111 Å². The smallest absolute Gasteiger partial charge is 0.325 e. The third-order valence-corrected chi connectivity index (χ3v) is 3.25. The Morgan fingerprint density at radius 2 is 2.21 bits per heavy atom. The third kappa shape index (κ3) is 3.47. The van der Waals surface area contributed by atoms with Crippen LogP contribution in [0, 0.1) is 5.92 Å². The second-order valence-corrected chi connectivity index (χ2v) is 4.96. The number of hydrogen-bond donors (Lipinski definition) is 2. The SMILES string of the molecule is CC1CC1c1ccc(/C=C/C(=O)N[C@@H](C)C(=O)O)o1. The van der Waals surface area contributed by atoms with E-state index < -0.39 is 17.9 Å². The van der Waals surface area contributed by atoms with E-state index in [-0.39, 0.29) is 0 Å². The standard InChI is InChI=1S/C14H17NO4/c1-8-7-11(8)12-5-3-10(19-12)4-6-13(16)15-9(2)14(17)18/h3-6,8-9,11H,7H2,1-2H3,(H,15,16)(H,17,18)/b6-4+/t8?,9-,11?/m0/s1. The molecule has 2 unspecified atom stereocenters.